The summed E-state index contributed by atoms with van der Waals surface area (Å²) in [5.41, 5.74) is 1.54. The number of oxazole rings is 1. The Labute approximate surface area is 190 Å². The van der Waals surface area contributed by atoms with Crippen molar-refractivity contribution in [2.75, 3.05) is 41.7 Å². The van der Waals surface area contributed by atoms with Crippen molar-refractivity contribution < 1.29 is 18.4 Å². The molecule has 3 heterocycles. The quantitative estimate of drug-likeness (QED) is 0.589. The molecule has 1 aromatic carbocycles. The first-order valence-electron chi connectivity index (χ1n) is 10.6. The molecule has 1 fully saturated rings. The standard InChI is InChI=1S/C23H24N6O4/c1-15(21(31)26-18-7-5-17(6-8-18)25-16(2)30)28-9-11-29(12-10-28)23-19(14-24)27-22(33-23)20-4-3-13-32-20/h3-8,13,15H,9-12H2,1-2H3,(H,25,30)(H,26,31). The topological polar surface area (TPSA) is 128 Å². The number of carbonyl (C=O) groups is 2. The monoisotopic (exact) mass is 448 g/mol. The van der Waals surface area contributed by atoms with Crippen LogP contribution in [0.25, 0.3) is 11.7 Å². The first kappa shape index (κ1) is 22.1. The molecular formula is C23H24N6O4. The van der Waals surface area contributed by atoms with Gasteiger partial charge in [-0.2, -0.15) is 10.2 Å². The number of aromatic nitrogens is 1. The fourth-order valence-electron chi connectivity index (χ4n) is 3.67. The average molecular weight is 448 g/mol. The summed E-state index contributed by atoms with van der Waals surface area (Å²) in [7, 11) is 0. The Bertz CT molecular complexity index is 1150. The fourth-order valence-corrected chi connectivity index (χ4v) is 3.67. The normalized spacial score (nSPS) is 15.0. The fraction of sp³-hybridized carbons (Fsp3) is 0.304. The van der Waals surface area contributed by atoms with Gasteiger partial charge in [0.2, 0.25) is 23.4 Å². The molecule has 0 spiro atoms. The lowest BCUT2D eigenvalue weighted by Crippen LogP contribution is -2.52. The molecule has 4 rings (SSSR count). The predicted molar refractivity (Wildman–Crippen MR) is 122 cm³/mol. The molecular weight excluding hydrogens is 424 g/mol. The van der Waals surface area contributed by atoms with Gasteiger partial charge in [-0.15, -0.1) is 0 Å². The number of benzene rings is 1. The van der Waals surface area contributed by atoms with E-state index in [0.717, 1.165) is 0 Å². The van der Waals surface area contributed by atoms with Crippen LogP contribution in [0.1, 0.15) is 19.5 Å². The third kappa shape index (κ3) is 5.05. The van der Waals surface area contributed by atoms with Gasteiger partial charge in [-0.1, -0.05) is 0 Å². The van der Waals surface area contributed by atoms with Crippen LogP contribution in [-0.2, 0) is 9.59 Å². The molecule has 0 saturated carbocycles. The van der Waals surface area contributed by atoms with Crippen molar-refractivity contribution >= 4 is 29.1 Å². The minimum atomic E-state index is -0.342. The molecule has 1 aliphatic rings. The zero-order valence-corrected chi connectivity index (χ0v) is 18.4. The predicted octanol–water partition coefficient (Wildman–Crippen LogP) is 2.91. The highest BCUT2D eigenvalue weighted by Crippen LogP contribution is 2.29. The third-order valence-corrected chi connectivity index (χ3v) is 5.45. The Morgan fingerprint density at radius 2 is 1.76 bits per heavy atom. The maximum atomic E-state index is 12.7. The van der Waals surface area contributed by atoms with Gasteiger partial charge in [0.1, 0.15) is 6.07 Å². The van der Waals surface area contributed by atoms with Crippen LogP contribution in [0.3, 0.4) is 0 Å². The molecule has 2 amide bonds. The Balaban J connectivity index is 1.34. The minimum absolute atomic E-state index is 0.117. The summed E-state index contributed by atoms with van der Waals surface area (Å²) in [5.74, 6) is 0.884. The van der Waals surface area contributed by atoms with E-state index in [1.54, 1.807) is 36.4 Å². The van der Waals surface area contributed by atoms with Crippen LogP contribution in [0, 0.1) is 11.3 Å². The maximum absolute atomic E-state index is 12.7. The summed E-state index contributed by atoms with van der Waals surface area (Å²) in [6.45, 7) is 5.73. The first-order chi connectivity index (χ1) is 15.9. The van der Waals surface area contributed by atoms with Crippen LogP contribution in [0.4, 0.5) is 17.3 Å². The molecule has 33 heavy (non-hydrogen) atoms. The molecule has 1 saturated heterocycles. The van der Waals surface area contributed by atoms with Crippen molar-refractivity contribution in [1.82, 2.24) is 9.88 Å². The Morgan fingerprint density at radius 3 is 2.33 bits per heavy atom. The molecule has 1 unspecified atom stereocenters. The third-order valence-electron chi connectivity index (χ3n) is 5.45. The van der Waals surface area contributed by atoms with E-state index in [4.69, 9.17) is 8.83 Å². The molecule has 1 aliphatic heterocycles. The van der Waals surface area contributed by atoms with Gasteiger partial charge in [0.15, 0.2) is 5.76 Å². The molecule has 0 bridgehead atoms. The van der Waals surface area contributed by atoms with Gasteiger partial charge in [-0.3, -0.25) is 14.5 Å². The van der Waals surface area contributed by atoms with Gasteiger partial charge in [-0.05, 0) is 43.3 Å². The highest BCUT2D eigenvalue weighted by Gasteiger charge is 2.29. The van der Waals surface area contributed by atoms with Crippen molar-refractivity contribution in [3.63, 3.8) is 0 Å². The number of piperazine rings is 1. The van der Waals surface area contributed by atoms with Gasteiger partial charge < -0.3 is 24.4 Å². The highest BCUT2D eigenvalue weighted by molar-refractivity contribution is 5.95. The summed E-state index contributed by atoms with van der Waals surface area (Å²) in [6.07, 6.45) is 1.52. The average Bonchev–Trinajstić information content (AvgIpc) is 3.49. The highest BCUT2D eigenvalue weighted by atomic mass is 16.4. The van der Waals surface area contributed by atoms with Crippen molar-refractivity contribution in [1.29, 1.82) is 5.26 Å². The van der Waals surface area contributed by atoms with Crippen LogP contribution >= 0.6 is 0 Å². The summed E-state index contributed by atoms with van der Waals surface area (Å²) in [5, 5.41) is 15.1. The van der Waals surface area contributed by atoms with E-state index in [2.05, 4.69) is 26.6 Å². The molecule has 0 radical (unpaired) electrons. The molecule has 0 aliphatic carbocycles. The number of nitriles is 1. The molecule has 2 N–H and O–H groups in total. The van der Waals surface area contributed by atoms with Crippen LogP contribution in [0.15, 0.2) is 51.5 Å². The van der Waals surface area contributed by atoms with Gasteiger partial charge >= 0.3 is 0 Å². The van der Waals surface area contributed by atoms with Crippen LogP contribution in [-0.4, -0.2) is 53.9 Å². The Hall–Kier alpha value is -4.10. The number of nitrogens with zero attached hydrogens (tertiary/aromatic N) is 4. The second-order valence-corrected chi connectivity index (χ2v) is 7.71. The lowest BCUT2D eigenvalue weighted by molar-refractivity contribution is -0.121. The largest absolute Gasteiger partial charge is 0.459 e. The van der Waals surface area contributed by atoms with E-state index >= 15 is 0 Å². The number of hydrogen-bond donors (Lipinski definition) is 2. The van der Waals surface area contributed by atoms with E-state index in [0.29, 0.717) is 49.2 Å². The molecule has 3 aromatic rings. The molecule has 10 nitrogen and oxygen atoms in total. The molecule has 170 valence electrons. The number of rotatable bonds is 6. The van der Waals surface area contributed by atoms with Gasteiger partial charge in [-0.25, -0.2) is 0 Å². The number of carbonyl (C=O) groups excluding carboxylic acids is 2. The summed E-state index contributed by atoms with van der Waals surface area (Å²) in [6, 6.07) is 12.2. The first-order valence-corrected chi connectivity index (χ1v) is 10.6. The molecule has 1 atom stereocenters. The minimum Gasteiger partial charge on any atom is -0.459 e. The van der Waals surface area contributed by atoms with Crippen molar-refractivity contribution in [2.45, 2.75) is 19.9 Å². The molecule has 2 aromatic heterocycles. The van der Waals surface area contributed by atoms with Gasteiger partial charge in [0.25, 0.3) is 5.89 Å². The van der Waals surface area contributed by atoms with Gasteiger partial charge in [0.05, 0.1) is 12.3 Å². The SMILES string of the molecule is CC(=O)Nc1ccc(NC(=O)C(C)N2CCN(c3oc(-c4ccco4)nc3C#N)CC2)cc1. The molecule has 10 heteroatoms. The Kier molecular flexibility index (Phi) is 6.42. The van der Waals surface area contributed by atoms with Crippen molar-refractivity contribution in [3.8, 4) is 17.7 Å². The van der Waals surface area contributed by atoms with E-state index in [1.165, 1.54) is 13.2 Å². The van der Waals surface area contributed by atoms with Gasteiger partial charge in [0, 0.05) is 44.5 Å². The van der Waals surface area contributed by atoms with Crippen molar-refractivity contribution in [3.05, 3.63) is 48.4 Å². The second kappa shape index (κ2) is 9.58. The van der Waals surface area contributed by atoms with Crippen LogP contribution in [0.5, 0.6) is 0 Å². The van der Waals surface area contributed by atoms with E-state index < -0.39 is 0 Å². The number of nitrogens with one attached hydrogen (secondary N) is 2. The van der Waals surface area contributed by atoms with E-state index in [1.807, 2.05) is 11.8 Å². The summed E-state index contributed by atoms with van der Waals surface area (Å²) >= 11 is 0. The maximum Gasteiger partial charge on any atom is 0.266 e. The van der Waals surface area contributed by atoms with Crippen LogP contribution in [0.2, 0.25) is 0 Å². The number of amides is 2. The summed E-state index contributed by atoms with van der Waals surface area (Å²) in [4.78, 5) is 32.1. The van der Waals surface area contributed by atoms with E-state index in [-0.39, 0.29) is 29.4 Å². The lowest BCUT2D eigenvalue weighted by Gasteiger charge is -2.37. The zero-order chi connectivity index (χ0) is 23.4. The lowest BCUT2D eigenvalue weighted by atomic mass is 10.2. The second-order valence-electron chi connectivity index (χ2n) is 7.71. The number of hydrogen-bond acceptors (Lipinski definition) is 8. The smallest absolute Gasteiger partial charge is 0.266 e. The van der Waals surface area contributed by atoms with Crippen LogP contribution < -0.4 is 15.5 Å². The van der Waals surface area contributed by atoms with Crippen molar-refractivity contribution in [2.24, 2.45) is 0 Å². The Morgan fingerprint density at radius 1 is 1.09 bits per heavy atom. The summed E-state index contributed by atoms with van der Waals surface area (Å²) < 4.78 is 11.1. The zero-order valence-electron chi connectivity index (χ0n) is 18.4. The number of furan rings is 1. The number of anilines is 3. The van der Waals surface area contributed by atoms with E-state index in [9.17, 15) is 14.9 Å².